The summed E-state index contributed by atoms with van der Waals surface area (Å²) in [6.07, 6.45) is -17.3. The summed E-state index contributed by atoms with van der Waals surface area (Å²) in [5, 5.41) is 14.6. The molecule has 0 saturated carbocycles. The van der Waals surface area contributed by atoms with Gasteiger partial charge < -0.3 is 10.2 Å². The van der Waals surface area contributed by atoms with Gasteiger partial charge in [0, 0.05) is 0 Å². The fourth-order valence-corrected chi connectivity index (χ4v) is 0. The first-order chi connectivity index (χ1) is 10.1. The fraction of sp³-hybridized carbons (Fsp3) is 0.750. The zero-order chi connectivity index (χ0) is 21.4. The van der Waals surface area contributed by atoms with E-state index in [2.05, 4.69) is 0 Å². The molecule has 0 heterocycles. The van der Waals surface area contributed by atoms with Gasteiger partial charge in [-0.05, 0) is 0 Å². The Hall–Kier alpha value is -0.406. The Labute approximate surface area is 139 Å². The maximum atomic E-state index is 10.5. The zero-order valence-corrected chi connectivity index (χ0v) is 12.7. The zero-order valence-electron chi connectivity index (χ0n) is 11.2. The molecule has 0 saturated heterocycles. The Balaban J connectivity index is -0.0000000647. The van der Waals surface area contributed by atoms with Gasteiger partial charge >= 0.3 is 36.1 Å². The van der Waals surface area contributed by atoms with Crippen molar-refractivity contribution in [3.8, 4) is 0 Å². The van der Waals surface area contributed by atoms with Crippen LogP contribution in [-0.2, 0) is 23.7 Å². The van der Waals surface area contributed by atoms with E-state index in [-0.39, 0.29) is 0 Å². The van der Waals surface area contributed by atoms with Gasteiger partial charge in [0.15, 0.2) is 0 Å². The van der Waals surface area contributed by atoms with Crippen molar-refractivity contribution >= 4 is 0 Å². The predicted molar refractivity (Wildman–Crippen MR) is 49.8 cm³/mol. The van der Waals surface area contributed by atoms with Crippen LogP contribution in [0.25, 0.3) is 0 Å². The van der Waals surface area contributed by atoms with Crippen LogP contribution in [0.15, 0.2) is 0 Å². The number of alkyl halides is 12. The first-order valence-electron chi connectivity index (χ1n) is 4.52. The first kappa shape index (κ1) is 34.8. The number of rotatable bonds is 0. The van der Waals surface area contributed by atoms with Gasteiger partial charge in [-0.1, -0.05) is 0 Å². The minimum atomic E-state index is -4.40. The normalized spacial score (nSPS) is 11.2. The van der Waals surface area contributed by atoms with Crippen LogP contribution < -0.4 is 0 Å². The van der Waals surface area contributed by atoms with Crippen LogP contribution in [0.1, 0.15) is 0 Å². The predicted octanol–water partition coefficient (Wildman–Crippen LogP) is 3.73. The maximum absolute atomic E-state index is 10.5. The Bertz CT molecular complexity index is 219. The molecule has 148 valence electrons. The van der Waals surface area contributed by atoms with E-state index < -0.39 is 37.9 Å². The topological polar surface area (TPSA) is 57.5 Å². The van der Waals surface area contributed by atoms with Crippen molar-refractivity contribution in [2.45, 2.75) is 24.7 Å². The standard InChI is InChI=1S/2C2H3F3O.2C2H2F3.O.Ti/c2*3-2(4,5)1-6;2*1-2(3,4)5;;/h2*6H,1H2;2*1H2;;/q;;2*-1;;+2. The van der Waals surface area contributed by atoms with Crippen molar-refractivity contribution < 1.29 is 86.6 Å². The van der Waals surface area contributed by atoms with E-state index in [0.717, 1.165) is 20.4 Å². The third-order valence-corrected chi connectivity index (χ3v) is 0.359. The van der Waals surface area contributed by atoms with Gasteiger partial charge in [0.1, 0.15) is 13.2 Å². The Morgan fingerprint density at radius 3 is 0.625 bits per heavy atom. The van der Waals surface area contributed by atoms with Crippen molar-refractivity contribution in [1.29, 1.82) is 0 Å². The van der Waals surface area contributed by atoms with Crippen LogP contribution in [0, 0.1) is 13.8 Å². The molecule has 0 unspecified atom stereocenters. The second kappa shape index (κ2) is 16.1. The van der Waals surface area contributed by atoms with E-state index >= 15 is 0 Å². The molecule has 0 atom stereocenters. The van der Waals surface area contributed by atoms with Crippen LogP contribution in [0.3, 0.4) is 0 Å². The number of hydrogen-bond donors (Lipinski definition) is 2. The second-order valence-corrected chi connectivity index (χ2v) is 2.78. The van der Waals surface area contributed by atoms with Gasteiger partial charge in [0.2, 0.25) is 0 Å². The monoisotopic (exact) mass is 430 g/mol. The van der Waals surface area contributed by atoms with Crippen LogP contribution in [0.2, 0.25) is 0 Å². The van der Waals surface area contributed by atoms with E-state index in [9.17, 15) is 52.7 Å². The molecule has 3 nitrogen and oxygen atoms in total. The van der Waals surface area contributed by atoms with Crippen molar-refractivity contribution in [2.24, 2.45) is 0 Å². The van der Waals surface area contributed by atoms with Crippen LogP contribution in [-0.4, -0.2) is 48.1 Å². The number of aliphatic hydroxyl groups is 2. The van der Waals surface area contributed by atoms with E-state index in [1.54, 1.807) is 13.8 Å². The van der Waals surface area contributed by atoms with E-state index in [1.165, 1.54) is 0 Å². The van der Waals surface area contributed by atoms with Crippen molar-refractivity contribution in [3.05, 3.63) is 13.8 Å². The number of aliphatic hydroxyl groups excluding tert-OH is 2. The molecule has 0 aromatic rings. The van der Waals surface area contributed by atoms with Crippen LogP contribution >= 0.6 is 0 Å². The van der Waals surface area contributed by atoms with Crippen LogP contribution in [0.4, 0.5) is 52.7 Å². The molecule has 0 fully saturated rings. The van der Waals surface area contributed by atoms with Gasteiger partial charge in [-0.15, -0.1) is 0 Å². The second-order valence-electron chi connectivity index (χ2n) is 2.78. The van der Waals surface area contributed by atoms with E-state index in [4.69, 9.17) is 13.5 Å². The summed E-state index contributed by atoms with van der Waals surface area (Å²) in [6.45, 7) is 0.0833. The molecule has 0 aliphatic carbocycles. The molecule has 0 bridgehead atoms. The molecular weight excluding hydrogens is 420 g/mol. The first-order valence-corrected chi connectivity index (χ1v) is 5.16. The Morgan fingerprint density at radius 2 is 0.625 bits per heavy atom. The fourth-order valence-electron chi connectivity index (χ4n) is 0. The molecule has 0 rings (SSSR count). The van der Waals surface area contributed by atoms with E-state index in [1.807, 2.05) is 0 Å². The van der Waals surface area contributed by atoms with Gasteiger partial charge in [-0.2, -0.15) is 26.3 Å². The summed E-state index contributed by atoms with van der Waals surface area (Å²) < 4.78 is 133. The molecule has 0 aromatic heterocycles. The van der Waals surface area contributed by atoms with Crippen LogP contribution in [0.5, 0.6) is 0 Å². The average Bonchev–Trinajstić information content (AvgIpc) is 2.26. The van der Waals surface area contributed by atoms with Crippen molar-refractivity contribution in [2.75, 3.05) is 13.2 Å². The summed E-state index contributed by atoms with van der Waals surface area (Å²) in [7, 11) is 0. The van der Waals surface area contributed by atoms with Gasteiger partial charge in [-0.3, -0.25) is 0 Å². The number of halogens is 12. The summed E-state index contributed by atoms with van der Waals surface area (Å²) in [4.78, 5) is 0. The molecule has 16 heteroatoms. The number of hydrogen-bond acceptors (Lipinski definition) is 3. The summed E-state index contributed by atoms with van der Waals surface area (Å²) >= 11 is 0.750. The van der Waals surface area contributed by atoms with E-state index in [0.29, 0.717) is 0 Å². The Morgan fingerprint density at radius 1 is 0.583 bits per heavy atom. The van der Waals surface area contributed by atoms with Crippen molar-refractivity contribution in [1.82, 2.24) is 0 Å². The minimum absolute atomic E-state index is 0.750. The van der Waals surface area contributed by atoms with Crippen molar-refractivity contribution in [3.63, 3.8) is 0 Å². The molecule has 0 aliphatic rings. The average molecular weight is 430 g/mol. The summed E-state index contributed by atoms with van der Waals surface area (Å²) in [5.74, 6) is 0. The third kappa shape index (κ3) is 293. The summed E-state index contributed by atoms with van der Waals surface area (Å²) in [5.41, 5.74) is 0. The SMILES string of the molecule is OCC(F)(F)F.OCC(F)(F)F.[CH2-]C(F)(F)F.[CH2-]C(F)(F)F.[O]=[Ti+2]. The molecule has 0 spiro atoms. The summed E-state index contributed by atoms with van der Waals surface area (Å²) in [6, 6.07) is 0. The van der Waals surface area contributed by atoms with Gasteiger partial charge in [0.25, 0.3) is 12.4 Å². The molecule has 2 N–H and O–H groups in total. The van der Waals surface area contributed by atoms with Gasteiger partial charge in [0.05, 0.1) is 0 Å². The molecule has 0 aromatic carbocycles. The molecule has 24 heavy (non-hydrogen) atoms. The Kier molecular flexibility index (Phi) is 23.3. The molecule has 0 radical (unpaired) electrons. The molecule has 0 aliphatic heterocycles. The molecular formula is C8H10F12O3Ti. The third-order valence-electron chi connectivity index (χ3n) is 0.359. The van der Waals surface area contributed by atoms with Gasteiger partial charge in [-0.25, -0.2) is 40.2 Å². The molecule has 0 amide bonds. The quantitative estimate of drug-likeness (QED) is 0.350.